The molecule has 15 atom stereocenters. The molecule has 0 aromatic heterocycles. The zero-order chi connectivity index (χ0) is 47.3. The number of primary amides is 2. The van der Waals surface area contributed by atoms with E-state index in [1.807, 2.05) is 0 Å². The molecule has 15 unspecified atom stereocenters. The predicted molar refractivity (Wildman–Crippen MR) is 208 cm³/mol. The Morgan fingerprint density at radius 2 is 1.46 bits per heavy atom. The Bertz CT molecular complexity index is 1680. The molecule has 0 aromatic carbocycles. The van der Waals surface area contributed by atoms with Crippen molar-refractivity contribution in [3.8, 4) is 0 Å². The second-order valence-electron chi connectivity index (χ2n) is 15.3. The lowest BCUT2D eigenvalue weighted by molar-refractivity contribution is -0.313. The van der Waals surface area contributed by atoms with Gasteiger partial charge in [0, 0.05) is 26.8 Å². The van der Waals surface area contributed by atoms with E-state index in [1.165, 1.54) is 20.8 Å². The quantitative estimate of drug-likeness (QED) is 0.0400. The van der Waals surface area contributed by atoms with E-state index >= 15 is 0 Å². The van der Waals surface area contributed by atoms with Gasteiger partial charge in [-0.1, -0.05) is 0 Å². The zero-order valence-corrected chi connectivity index (χ0v) is 35.1. The highest BCUT2D eigenvalue weighted by Crippen LogP contribution is 2.35. The van der Waals surface area contributed by atoms with Crippen LogP contribution in [0.5, 0.6) is 0 Å². The minimum atomic E-state index is -1.67. The van der Waals surface area contributed by atoms with E-state index in [9.17, 15) is 63.6 Å². The molecule has 3 aliphatic heterocycles. The van der Waals surface area contributed by atoms with Crippen molar-refractivity contribution in [2.75, 3.05) is 19.8 Å². The number of carboxylic acids is 1. The van der Waals surface area contributed by atoms with Crippen molar-refractivity contribution < 1.29 is 87.3 Å². The SMILES string of the molecule is CC(=O)NC1C(OC2C3COC(O3)C(NC(C)=O)C2OC(C)C(=O)NC(C)C(=O)NC(CCC(=O)NC(CCCNC(=O)C(N)CC(N)=O)C(=O)O)C(N)=O)OC(CO)C(O)C1O. The molecule has 2 bridgehead atoms. The van der Waals surface area contributed by atoms with Crippen molar-refractivity contribution in [1.29, 1.82) is 0 Å². The molecule has 3 aliphatic rings. The van der Waals surface area contributed by atoms with Crippen LogP contribution < -0.4 is 49.1 Å². The summed E-state index contributed by atoms with van der Waals surface area (Å²) in [6.45, 7) is 4.05. The lowest BCUT2D eigenvalue weighted by Gasteiger charge is -2.47. The first kappa shape index (κ1) is 52.2. The van der Waals surface area contributed by atoms with Crippen LogP contribution in [0.4, 0.5) is 0 Å². The van der Waals surface area contributed by atoms with Gasteiger partial charge in [0.25, 0.3) is 0 Å². The van der Waals surface area contributed by atoms with Crippen LogP contribution in [0, 0.1) is 0 Å². The van der Waals surface area contributed by atoms with Crippen LogP contribution in [0.2, 0.25) is 0 Å². The number of aliphatic hydroxyl groups is 3. The molecule has 0 spiro atoms. The number of amides is 8. The molecule has 3 heterocycles. The van der Waals surface area contributed by atoms with Crippen molar-refractivity contribution in [2.45, 2.75) is 151 Å². The van der Waals surface area contributed by atoms with Crippen LogP contribution in [-0.2, 0) is 66.8 Å². The molecular formula is C36H59N9O18. The van der Waals surface area contributed by atoms with Crippen molar-refractivity contribution >= 4 is 53.2 Å². The molecule has 8 amide bonds. The van der Waals surface area contributed by atoms with Crippen molar-refractivity contribution in [3.63, 3.8) is 0 Å². The summed E-state index contributed by atoms with van der Waals surface area (Å²) in [5, 5.41) is 55.2. The van der Waals surface area contributed by atoms with Gasteiger partial charge < -0.3 is 93.2 Å². The maximum absolute atomic E-state index is 13.5. The van der Waals surface area contributed by atoms with Gasteiger partial charge in [-0.2, -0.15) is 0 Å². The fourth-order valence-corrected chi connectivity index (χ4v) is 6.86. The monoisotopic (exact) mass is 905 g/mol. The molecule has 3 rings (SSSR count). The van der Waals surface area contributed by atoms with E-state index in [0.29, 0.717) is 0 Å². The number of nitrogens with one attached hydrogen (secondary N) is 6. The number of nitrogens with two attached hydrogens (primary N) is 3. The molecule has 3 saturated heterocycles. The normalized spacial score (nSPS) is 28.8. The standard InChI is InChI=1S/C36H59N9O18/c1-13(31(54)45-18(30(39)53)7-8-23(50)44-19(34(57)58)6-5-9-40-33(56)17(37)10-22(38)49)41-32(55)14(2)60-29-25(43-16(4)48)35-59-12-21(62-35)28(29)63-36-24(42-15(3)47)27(52)26(51)20(11-46)61-36/h13-14,17-21,24-29,35-36,46,51-52H,5-12,37H2,1-4H3,(H2,38,49)(H2,39,53)(H,40,56)(H,41,55)(H,42,47)(H,43,48)(H,44,50)(H,45,54)(H,57,58). The number of rotatable bonds is 24. The summed E-state index contributed by atoms with van der Waals surface area (Å²) in [5.41, 5.74) is 16.0. The average Bonchev–Trinajstić information content (AvgIpc) is 3.64. The molecule has 27 nitrogen and oxygen atoms in total. The van der Waals surface area contributed by atoms with Gasteiger partial charge in [0.2, 0.25) is 47.3 Å². The lowest BCUT2D eigenvalue weighted by atomic mass is 9.95. The number of carbonyl (C=O) groups is 9. The minimum absolute atomic E-state index is 0.0275. The largest absolute Gasteiger partial charge is 0.480 e. The summed E-state index contributed by atoms with van der Waals surface area (Å²) in [6.07, 6.45) is -13.4. The van der Waals surface area contributed by atoms with Crippen LogP contribution in [0.15, 0.2) is 0 Å². The molecule has 0 saturated carbocycles. The van der Waals surface area contributed by atoms with E-state index < -0.39 is 158 Å². The topological polar surface area (TPSA) is 431 Å². The second kappa shape index (κ2) is 24.1. The highest BCUT2D eigenvalue weighted by atomic mass is 16.8. The van der Waals surface area contributed by atoms with Crippen molar-refractivity contribution in [2.24, 2.45) is 17.2 Å². The van der Waals surface area contributed by atoms with Gasteiger partial charge in [0.1, 0.15) is 72.9 Å². The number of ether oxygens (including phenoxy) is 5. The molecular weight excluding hydrogens is 846 g/mol. The lowest BCUT2D eigenvalue weighted by Crippen LogP contribution is -2.68. The smallest absolute Gasteiger partial charge is 0.326 e. The van der Waals surface area contributed by atoms with E-state index in [4.69, 9.17) is 40.9 Å². The molecule has 27 heteroatoms. The Morgan fingerprint density at radius 1 is 0.810 bits per heavy atom. The first-order valence-corrected chi connectivity index (χ1v) is 20.0. The number of fused-ring (bicyclic) bond motifs is 2. The molecule has 0 aromatic rings. The van der Waals surface area contributed by atoms with Crippen LogP contribution >= 0.6 is 0 Å². The first-order valence-electron chi connectivity index (χ1n) is 20.0. The Labute approximate surface area is 360 Å². The summed E-state index contributed by atoms with van der Waals surface area (Å²) in [5.74, 6) is -7.66. The van der Waals surface area contributed by atoms with E-state index in [2.05, 4.69) is 31.9 Å². The summed E-state index contributed by atoms with van der Waals surface area (Å²) < 4.78 is 29.7. The highest BCUT2D eigenvalue weighted by Gasteiger charge is 2.56. The van der Waals surface area contributed by atoms with Gasteiger partial charge in [0.15, 0.2) is 12.6 Å². The summed E-state index contributed by atoms with van der Waals surface area (Å²) in [7, 11) is 0. The minimum Gasteiger partial charge on any atom is -0.480 e. The van der Waals surface area contributed by atoms with E-state index in [1.54, 1.807) is 0 Å². The Balaban J connectivity index is 1.62. The summed E-state index contributed by atoms with van der Waals surface area (Å²) in [6, 6.07) is -7.86. The van der Waals surface area contributed by atoms with E-state index in [-0.39, 0.29) is 38.8 Å². The van der Waals surface area contributed by atoms with Gasteiger partial charge in [-0.25, -0.2) is 4.79 Å². The molecule has 356 valence electrons. The summed E-state index contributed by atoms with van der Waals surface area (Å²) >= 11 is 0. The third-order valence-corrected chi connectivity index (χ3v) is 10.1. The first-order chi connectivity index (χ1) is 29.5. The fourth-order valence-electron chi connectivity index (χ4n) is 6.86. The third-order valence-electron chi connectivity index (χ3n) is 10.1. The molecule has 0 radical (unpaired) electrons. The highest BCUT2D eigenvalue weighted by molar-refractivity contribution is 5.92. The van der Waals surface area contributed by atoms with E-state index in [0.717, 1.165) is 6.92 Å². The Hall–Kier alpha value is -5.13. The maximum Gasteiger partial charge on any atom is 0.326 e. The number of hydrogen-bond donors (Lipinski definition) is 13. The third kappa shape index (κ3) is 15.3. The second-order valence-corrected chi connectivity index (χ2v) is 15.3. The molecule has 16 N–H and O–H groups in total. The molecule has 0 aliphatic carbocycles. The van der Waals surface area contributed by atoms with Gasteiger partial charge in [0.05, 0.1) is 25.7 Å². The van der Waals surface area contributed by atoms with Crippen LogP contribution in [-0.4, -0.2) is 185 Å². The van der Waals surface area contributed by atoms with Crippen LogP contribution in [0.25, 0.3) is 0 Å². The van der Waals surface area contributed by atoms with Gasteiger partial charge in [-0.3, -0.25) is 38.4 Å². The number of carbonyl (C=O) groups excluding carboxylic acids is 8. The fraction of sp³-hybridized carbons (Fsp3) is 0.750. The van der Waals surface area contributed by atoms with Crippen LogP contribution in [0.1, 0.15) is 59.8 Å². The van der Waals surface area contributed by atoms with Gasteiger partial charge in [-0.15, -0.1) is 0 Å². The van der Waals surface area contributed by atoms with Crippen molar-refractivity contribution in [3.05, 3.63) is 0 Å². The number of aliphatic hydroxyl groups excluding tert-OH is 3. The van der Waals surface area contributed by atoms with Gasteiger partial charge in [-0.05, 0) is 33.1 Å². The molecule has 63 heavy (non-hydrogen) atoms. The van der Waals surface area contributed by atoms with Gasteiger partial charge >= 0.3 is 5.97 Å². The zero-order valence-electron chi connectivity index (χ0n) is 35.1. The number of hydrogen-bond acceptors (Lipinski definition) is 18. The molecule has 3 fully saturated rings. The summed E-state index contributed by atoms with van der Waals surface area (Å²) in [4.78, 5) is 110. The number of carboxylic acid groups (broad SMARTS) is 1. The Morgan fingerprint density at radius 3 is 2.05 bits per heavy atom. The maximum atomic E-state index is 13.5. The number of aliphatic carboxylic acids is 1. The van der Waals surface area contributed by atoms with Crippen LogP contribution in [0.3, 0.4) is 0 Å². The Kier molecular flexibility index (Phi) is 20.0. The average molecular weight is 906 g/mol. The predicted octanol–water partition coefficient (Wildman–Crippen LogP) is -7.73. The van der Waals surface area contributed by atoms with Crippen molar-refractivity contribution in [1.82, 2.24) is 31.9 Å².